The SMILES string of the molecule is CC(=O)O.CCOC(=O)Cc1ccc(N)cc1F.CCOC(=O)Cc1ccc(N2C(=O)c3c(c(OCC)c4ccccc4c3OCC)C2=O)cc1F.CCOc1c(C(=O)[O-])c(C(=O)[O-])c(OCC)c2ccccc12.[Na+].[Na+]. The zero-order valence-corrected chi connectivity index (χ0v) is 47.6. The molecule has 0 atom stereocenters. The first kappa shape index (κ1) is 65.3. The molecule has 0 bridgehead atoms. The molecule has 0 radical (unpaired) electrons. The second-order valence-electron chi connectivity index (χ2n) is 15.3. The van der Waals surface area contributed by atoms with E-state index in [0.29, 0.717) is 39.4 Å². The number of aliphatic carboxylic acids is 1. The van der Waals surface area contributed by atoms with Crippen LogP contribution in [0.3, 0.4) is 0 Å². The van der Waals surface area contributed by atoms with Crippen LogP contribution in [0.15, 0.2) is 84.9 Å². The monoisotopic (exact) mass is 1070 g/mol. The topological polar surface area (TPSA) is 270 Å². The van der Waals surface area contributed by atoms with Gasteiger partial charge in [-0.15, -0.1) is 0 Å². The molecule has 1 aliphatic heterocycles. The van der Waals surface area contributed by atoms with Gasteiger partial charge in [-0.05, 0) is 76.9 Å². The number of amides is 2. The van der Waals surface area contributed by atoms with Crippen LogP contribution >= 0.6 is 0 Å². The van der Waals surface area contributed by atoms with E-state index >= 15 is 0 Å². The molecule has 2 amide bonds. The summed E-state index contributed by atoms with van der Waals surface area (Å²) < 4.78 is 59.9. The molecule has 6 aromatic carbocycles. The number of carboxylic acids is 3. The summed E-state index contributed by atoms with van der Waals surface area (Å²) in [5.74, 6) is -7.14. The third-order valence-corrected chi connectivity index (χ3v) is 10.3. The number of carbonyl (C=O) groups is 7. The molecule has 7 rings (SSSR count). The molecule has 22 heteroatoms. The van der Waals surface area contributed by atoms with Crippen LogP contribution in [-0.4, -0.2) is 86.4 Å². The van der Waals surface area contributed by atoms with E-state index in [1.807, 2.05) is 12.1 Å². The molecule has 0 unspecified atom stereocenters. The van der Waals surface area contributed by atoms with E-state index in [1.165, 1.54) is 24.3 Å². The number of aromatic carboxylic acids is 2. The number of halogens is 2. The van der Waals surface area contributed by atoms with Crippen LogP contribution in [0.1, 0.15) is 101 Å². The van der Waals surface area contributed by atoms with E-state index in [0.717, 1.165) is 17.9 Å². The van der Waals surface area contributed by atoms with Crippen molar-refractivity contribution in [3.05, 3.63) is 130 Å². The Morgan fingerprint density at radius 3 is 1.18 bits per heavy atom. The van der Waals surface area contributed by atoms with Crippen molar-refractivity contribution in [2.24, 2.45) is 0 Å². The Bertz CT molecular complexity index is 2950. The second kappa shape index (κ2) is 31.3. The Hall–Kier alpha value is -6.81. The summed E-state index contributed by atoms with van der Waals surface area (Å²) in [4.78, 5) is 82.7. The van der Waals surface area contributed by atoms with Gasteiger partial charge in [0.2, 0.25) is 0 Å². The molecule has 6 aromatic rings. The molecular formula is C54H54F2N2Na2O16. The van der Waals surface area contributed by atoms with Gasteiger partial charge >= 0.3 is 71.1 Å². The Morgan fingerprint density at radius 1 is 0.539 bits per heavy atom. The fraction of sp³-hybridized carbons (Fsp3) is 0.278. The summed E-state index contributed by atoms with van der Waals surface area (Å²) in [6.07, 6.45) is -0.309. The molecular weight excluding hydrogens is 1020 g/mol. The first-order valence-corrected chi connectivity index (χ1v) is 23.1. The predicted molar refractivity (Wildman–Crippen MR) is 264 cm³/mol. The van der Waals surface area contributed by atoms with Crippen molar-refractivity contribution in [3.8, 4) is 23.0 Å². The summed E-state index contributed by atoms with van der Waals surface area (Å²) in [6.45, 7) is 12.8. The number of esters is 2. The number of imide groups is 1. The maximum atomic E-state index is 14.8. The van der Waals surface area contributed by atoms with Crippen LogP contribution in [0.5, 0.6) is 23.0 Å². The standard InChI is InChI=1S/C26H24FNO6.C16H16O6.C10H12FNO2.C2H4O2.2Na/c1-4-32-20(29)13-15-11-12-16(14-19(15)27)28-25(30)21-22(26(28)31)24(34-6-3)18-10-8-7-9-17(18)23(21)33-5-2;1-3-21-13-9-7-5-6-8-10(9)14(22-4-2)12(16(19)20)11(13)15(17)18;1-2-14-10(13)5-7-3-4-8(12)6-9(7)11;1-2(3)4;;/h7-12,14H,4-6,13H2,1-3H3;5-8H,3-4H2,1-2H3,(H,17,18)(H,19,20);3-4,6H,2,5,12H2,1H3;1H3,(H,3,4);;/q;;;;2*+1/p-2. The number of nitrogen functional groups attached to an aromatic ring is 1. The maximum absolute atomic E-state index is 14.8. The summed E-state index contributed by atoms with van der Waals surface area (Å²) >= 11 is 0. The van der Waals surface area contributed by atoms with Crippen LogP contribution in [0.2, 0.25) is 0 Å². The second-order valence-corrected chi connectivity index (χ2v) is 15.3. The van der Waals surface area contributed by atoms with Gasteiger partial charge < -0.3 is 59.1 Å². The number of fused-ring (bicyclic) bond motifs is 3. The van der Waals surface area contributed by atoms with Gasteiger partial charge in [-0.1, -0.05) is 60.7 Å². The molecule has 18 nitrogen and oxygen atoms in total. The van der Waals surface area contributed by atoms with Crippen LogP contribution in [0.25, 0.3) is 21.5 Å². The molecule has 3 N–H and O–H groups in total. The third kappa shape index (κ3) is 16.1. The fourth-order valence-electron chi connectivity index (χ4n) is 7.54. The van der Waals surface area contributed by atoms with Crippen molar-refractivity contribution in [3.63, 3.8) is 0 Å². The Kier molecular flexibility index (Phi) is 26.9. The first-order valence-electron chi connectivity index (χ1n) is 23.1. The molecule has 0 saturated heterocycles. The van der Waals surface area contributed by atoms with E-state index < -0.39 is 64.4 Å². The minimum atomic E-state index is -1.66. The van der Waals surface area contributed by atoms with Crippen LogP contribution in [0.4, 0.5) is 20.2 Å². The molecule has 0 aromatic heterocycles. The van der Waals surface area contributed by atoms with Crippen molar-refractivity contribution < 1.29 is 145 Å². The molecule has 0 aliphatic carbocycles. The van der Waals surface area contributed by atoms with Crippen LogP contribution < -0.4 is 98.9 Å². The van der Waals surface area contributed by atoms with E-state index in [4.69, 9.17) is 44.1 Å². The van der Waals surface area contributed by atoms with Crippen molar-refractivity contribution in [2.45, 2.75) is 61.3 Å². The number of nitrogens with zero attached hydrogens (tertiary/aromatic N) is 1. The molecule has 1 aliphatic rings. The summed E-state index contributed by atoms with van der Waals surface area (Å²) in [5.41, 5.74) is 5.20. The van der Waals surface area contributed by atoms with E-state index in [-0.39, 0.29) is 150 Å². The average Bonchev–Trinajstić information content (AvgIpc) is 3.61. The summed E-state index contributed by atoms with van der Waals surface area (Å²) in [5, 5.41) is 32.6. The zero-order chi connectivity index (χ0) is 54.8. The van der Waals surface area contributed by atoms with Gasteiger partial charge in [-0.3, -0.25) is 24.0 Å². The molecule has 0 spiro atoms. The molecule has 1 heterocycles. The number of carbonyl (C=O) groups excluding carboxylic acids is 6. The van der Waals surface area contributed by atoms with Crippen molar-refractivity contribution in [1.82, 2.24) is 0 Å². The van der Waals surface area contributed by atoms with Gasteiger partial charge in [0.05, 0.1) is 92.4 Å². The van der Waals surface area contributed by atoms with Gasteiger partial charge in [0.15, 0.2) is 0 Å². The van der Waals surface area contributed by atoms with Gasteiger partial charge in [0.25, 0.3) is 17.8 Å². The molecule has 392 valence electrons. The minimum absolute atomic E-state index is 0. The largest absolute Gasteiger partial charge is 1.00 e. The van der Waals surface area contributed by atoms with E-state index in [2.05, 4.69) is 0 Å². The minimum Gasteiger partial charge on any atom is -0.545 e. The Morgan fingerprint density at radius 2 is 0.868 bits per heavy atom. The van der Waals surface area contributed by atoms with Crippen molar-refractivity contribution in [2.75, 3.05) is 50.3 Å². The summed E-state index contributed by atoms with van der Waals surface area (Å²) in [6, 6.07) is 22.0. The number of hydrogen-bond acceptors (Lipinski definition) is 16. The van der Waals surface area contributed by atoms with Gasteiger partial charge in [-0.25, -0.2) is 13.7 Å². The number of hydrogen-bond donors (Lipinski definition) is 2. The average molecular weight is 1070 g/mol. The Balaban J connectivity index is 0.000000404. The molecule has 0 fully saturated rings. The maximum Gasteiger partial charge on any atom is 1.00 e. The predicted octanol–water partition coefficient (Wildman–Crippen LogP) is 0.659. The first-order chi connectivity index (χ1) is 35.3. The van der Waals surface area contributed by atoms with Crippen molar-refractivity contribution in [1.29, 1.82) is 0 Å². The third-order valence-electron chi connectivity index (χ3n) is 10.3. The zero-order valence-electron chi connectivity index (χ0n) is 43.6. The smallest absolute Gasteiger partial charge is 0.545 e. The molecule has 76 heavy (non-hydrogen) atoms. The van der Waals surface area contributed by atoms with Crippen LogP contribution in [-0.2, 0) is 36.7 Å². The quantitative estimate of drug-likeness (QED) is 0.0550. The number of carboxylic acid groups (broad SMARTS) is 3. The normalized spacial score (nSPS) is 10.9. The number of rotatable bonds is 17. The fourth-order valence-corrected chi connectivity index (χ4v) is 7.54. The van der Waals surface area contributed by atoms with Crippen molar-refractivity contribution >= 4 is 74.6 Å². The Labute approximate surface area is 480 Å². The van der Waals surface area contributed by atoms with E-state index in [9.17, 15) is 47.8 Å². The number of ether oxygens (including phenoxy) is 6. The molecule has 0 saturated carbocycles. The summed E-state index contributed by atoms with van der Waals surface area (Å²) in [7, 11) is 0. The van der Waals surface area contributed by atoms with E-state index in [1.54, 1.807) is 84.0 Å². The van der Waals surface area contributed by atoms with Gasteiger partial charge in [0, 0.05) is 34.2 Å². The van der Waals surface area contributed by atoms with Gasteiger partial charge in [0.1, 0.15) is 34.6 Å². The number of anilines is 2. The van der Waals surface area contributed by atoms with Gasteiger partial charge in [-0.2, -0.15) is 0 Å². The number of benzene rings is 6. The number of nitrogens with two attached hydrogens (primary N) is 1. The van der Waals surface area contributed by atoms with Crippen LogP contribution in [0, 0.1) is 11.6 Å².